The van der Waals surface area contributed by atoms with Crippen LogP contribution in [0.1, 0.15) is 101 Å². The van der Waals surface area contributed by atoms with Gasteiger partial charge in [-0.2, -0.15) is 8.42 Å². The molecule has 0 amide bonds. The highest BCUT2D eigenvalue weighted by Crippen LogP contribution is 2.41. The van der Waals surface area contributed by atoms with Crippen molar-refractivity contribution < 1.29 is 32.7 Å². The summed E-state index contributed by atoms with van der Waals surface area (Å²) in [7, 11) is -4.32. The highest BCUT2D eigenvalue weighted by Gasteiger charge is 2.25. The number of hydrogen-bond acceptors (Lipinski definition) is 8. The third-order valence-corrected chi connectivity index (χ3v) is 11.6. The van der Waals surface area contributed by atoms with Crippen molar-refractivity contribution in [3.63, 3.8) is 0 Å². The monoisotopic (exact) mass is 754 g/mol. The number of aliphatic hydroxyl groups excluding tert-OH is 2. The van der Waals surface area contributed by atoms with Crippen molar-refractivity contribution in [3.05, 3.63) is 132 Å². The largest absolute Gasteiger partial charge is 0.508 e. The lowest BCUT2D eigenvalue weighted by Gasteiger charge is -2.20. The van der Waals surface area contributed by atoms with Gasteiger partial charge in [-0.15, -0.1) is 0 Å². The maximum absolute atomic E-state index is 14.0. The summed E-state index contributed by atoms with van der Waals surface area (Å²) in [6, 6.07) is 33.0. The van der Waals surface area contributed by atoms with Crippen molar-refractivity contribution in [2.75, 3.05) is 6.61 Å². The fourth-order valence-electron chi connectivity index (χ4n) is 6.12. The molecule has 3 N–H and O–H groups in total. The van der Waals surface area contributed by atoms with E-state index in [0.29, 0.717) is 40.2 Å². The van der Waals surface area contributed by atoms with Crippen molar-refractivity contribution in [3.8, 4) is 28.4 Å². The molecule has 0 spiro atoms. The number of ether oxygens (including phenoxy) is 1. The molecule has 5 aromatic carbocycles. The van der Waals surface area contributed by atoms with Gasteiger partial charge in [-0.1, -0.05) is 125 Å². The molecule has 280 valence electrons. The predicted molar refractivity (Wildman–Crippen MR) is 212 cm³/mol. The topological polar surface area (TPSA) is 113 Å². The van der Waals surface area contributed by atoms with E-state index in [-0.39, 0.29) is 22.0 Å². The Hall–Kier alpha value is -4.28. The Morgan fingerprint density at radius 3 is 2.13 bits per heavy atom. The number of para-hydroxylation sites is 1. The van der Waals surface area contributed by atoms with Gasteiger partial charge in [-0.25, -0.2) is 0 Å². The predicted octanol–water partition coefficient (Wildman–Crippen LogP) is 11.0. The van der Waals surface area contributed by atoms with Gasteiger partial charge in [-0.05, 0) is 95.8 Å². The number of hydrogen-bond donors (Lipinski definition) is 3. The van der Waals surface area contributed by atoms with Crippen LogP contribution in [0.5, 0.6) is 17.2 Å². The third-order valence-electron chi connectivity index (χ3n) is 9.11. The fourth-order valence-corrected chi connectivity index (χ4v) is 8.41. The molecule has 0 saturated heterocycles. The van der Waals surface area contributed by atoms with Crippen molar-refractivity contribution in [1.82, 2.24) is 0 Å². The van der Waals surface area contributed by atoms with Gasteiger partial charge < -0.3 is 24.2 Å². The molecule has 0 saturated carbocycles. The molecule has 9 heteroatoms. The van der Waals surface area contributed by atoms with E-state index < -0.39 is 22.3 Å². The van der Waals surface area contributed by atoms with E-state index in [0.717, 1.165) is 42.7 Å². The molecule has 2 unspecified atom stereocenters. The first-order chi connectivity index (χ1) is 25.7. The average Bonchev–Trinajstić information content (AvgIpc) is 3.17. The molecule has 0 aliphatic heterocycles. The minimum absolute atomic E-state index is 0.0286. The standard InChI is InChI=1S/C44H50O7S2/c1-3-5-7-8-9-13-20-40(45)33-21-27-41(46)39(30-33)44(47)38-19-15-14-18-37(38)32-22-28-42(52-36-25-23-34(24-26-36)50-29-6-4-2)43(31-32)53(48,49)51-35-16-11-10-12-17-35/h10-12,14-19,21-28,30-31,40,44-47H,3-9,13,20,29H2,1-2H3. The van der Waals surface area contributed by atoms with Crippen LogP contribution in [-0.2, 0) is 10.1 Å². The Morgan fingerprint density at radius 1 is 0.679 bits per heavy atom. The first kappa shape index (κ1) is 39.9. The summed E-state index contributed by atoms with van der Waals surface area (Å²) in [6.07, 6.45) is 7.26. The molecule has 0 aliphatic carbocycles. The molecule has 0 bridgehead atoms. The molecule has 2 atom stereocenters. The number of benzene rings is 5. The maximum Gasteiger partial charge on any atom is 0.340 e. The van der Waals surface area contributed by atoms with Gasteiger partial charge in [0.25, 0.3) is 0 Å². The molecule has 7 nitrogen and oxygen atoms in total. The number of aromatic hydroxyl groups is 1. The van der Waals surface area contributed by atoms with Crippen LogP contribution in [-0.4, -0.2) is 30.3 Å². The molecule has 53 heavy (non-hydrogen) atoms. The summed E-state index contributed by atoms with van der Waals surface area (Å²) in [5.41, 5.74) is 2.47. The lowest BCUT2D eigenvalue weighted by atomic mass is 9.90. The molecule has 0 radical (unpaired) electrons. The smallest absolute Gasteiger partial charge is 0.340 e. The van der Waals surface area contributed by atoms with Crippen LogP contribution in [0.4, 0.5) is 0 Å². The van der Waals surface area contributed by atoms with Crippen LogP contribution in [0.2, 0.25) is 0 Å². The van der Waals surface area contributed by atoms with Gasteiger partial charge in [0.05, 0.1) is 12.7 Å². The highest BCUT2D eigenvalue weighted by molar-refractivity contribution is 8.00. The summed E-state index contributed by atoms with van der Waals surface area (Å²) in [4.78, 5) is 1.26. The zero-order valence-electron chi connectivity index (χ0n) is 30.5. The van der Waals surface area contributed by atoms with E-state index in [1.54, 1.807) is 72.8 Å². The molecular weight excluding hydrogens is 705 g/mol. The van der Waals surface area contributed by atoms with Crippen molar-refractivity contribution >= 4 is 21.9 Å². The number of unbranched alkanes of at least 4 members (excludes halogenated alkanes) is 6. The van der Waals surface area contributed by atoms with Gasteiger partial charge in [0.1, 0.15) is 28.2 Å². The van der Waals surface area contributed by atoms with E-state index in [9.17, 15) is 23.7 Å². The Morgan fingerprint density at radius 2 is 1.38 bits per heavy atom. The summed E-state index contributed by atoms with van der Waals surface area (Å²) in [6.45, 7) is 4.92. The first-order valence-corrected chi connectivity index (χ1v) is 20.7. The number of aliphatic hydroxyl groups is 2. The summed E-state index contributed by atoms with van der Waals surface area (Å²) in [5, 5.41) is 33.7. The second-order valence-corrected chi connectivity index (χ2v) is 15.8. The van der Waals surface area contributed by atoms with Crippen LogP contribution < -0.4 is 8.92 Å². The highest BCUT2D eigenvalue weighted by atomic mass is 32.2. The molecular formula is C44H50O7S2. The number of phenols is 1. The number of phenolic OH excluding ortho intramolecular Hbond substituents is 1. The van der Waals surface area contributed by atoms with Gasteiger partial charge in [0.2, 0.25) is 0 Å². The van der Waals surface area contributed by atoms with E-state index in [1.165, 1.54) is 37.1 Å². The molecule has 0 aromatic heterocycles. The number of rotatable bonds is 20. The molecule has 0 aliphatic rings. The van der Waals surface area contributed by atoms with Gasteiger partial charge in [-0.3, -0.25) is 0 Å². The summed E-state index contributed by atoms with van der Waals surface area (Å²) >= 11 is 1.30. The minimum atomic E-state index is -4.32. The van der Waals surface area contributed by atoms with Gasteiger partial charge in [0.15, 0.2) is 0 Å². The van der Waals surface area contributed by atoms with E-state index in [1.807, 2.05) is 36.4 Å². The van der Waals surface area contributed by atoms with Gasteiger partial charge >= 0.3 is 10.1 Å². The fraction of sp³-hybridized carbons (Fsp3) is 0.318. The lowest BCUT2D eigenvalue weighted by molar-refractivity contribution is 0.162. The van der Waals surface area contributed by atoms with Crippen LogP contribution in [0, 0.1) is 0 Å². The van der Waals surface area contributed by atoms with Crippen molar-refractivity contribution in [1.29, 1.82) is 0 Å². The van der Waals surface area contributed by atoms with E-state index >= 15 is 0 Å². The molecule has 0 fully saturated rings. The lowest BCUT2D eigenvalue weighted by Crippen LogP contribution is -2.11. The summed E-state index contributed by atoms with van der Waals surface area (Å²) in [5.74, 6) is 0.834. The molecule has 0 heterocycles. The van der Waals surface area contributed by atoms with Crippen LogP contribution >= 0.6 is 11.8 Å². The van der Waals surface area contributed by atoms with Crippen LogP contribution in [0.3, 0.4) is 0 Å². The zero-order chi connectivity index (χ0) is 37.6. The van der Waals surface area contributed by atoms with Crippen molar-refractivity contribution in [2.45, 2.75) is 98.5 Å². The maximum atomic E-state index is 14.0. The second-order valence-electron chi connectivity index (χ2n) is 13.2. The van der Waals surface area contributed by atoms with E-state index in [2.05, 4.69) is 13.8 Å². The van der Waals surface area contributed by atoms with Crippen LogP contribution in [0.15, 0.2) is 130 Å². The Labute approximate surface area is 318 Å². The Bertz CT molecular complexity index is 2000. The third kappa shape index (κ3) is 11.1. The normalized spacial score (nSPS) is 12.7. The quantitative estimate of drug-likeness (QED) is 0.0532. The molecule has 5 aromatic rings. The van der Waals surface area contributed by atoms with Crippen molar-refractivity contribution in [2.24, 2.45) is 0 Å². The Balaban J connectivity index is 1.46. The second kappa shape index (κ2) is 19.7. The first-order valence-electron chi connectivity index (χ1n) is 18.5. The van der Waals surface area contributed by atoms with Crippen LogP contribution in [0.25, 0.3) is 11.1 Å². The minimum Gasteiger partial charge on any atom is -0.508 e. The SMILES string of the molecule is CCCCCCCCC(O)c1ccc(O)c(C(O)c2ccccc2-c2ccc(Sc3ccc(OCCCC)cc3)c(S(=O)(=O)Oc3ccccc3)c2)c1. The average molecular weight is 755 g/mol. The van der Waals surface area contributed by atoms with Gasteiger partial charge in [0, 0.05) is 15.4 Å². The zero-order valence-corrected chi connectivity index (χ0v) is 32.1. The van der Waals surface area contributed by atoms with E-state index in [4.69, 9.17) is 8.92 Å². The summed E-state index contributed by atoms with van der Waals surface area (Å²) < 4.78 is 39.3. The Kier molecular flexibility index (Phi) is 14.8. The molecule has 5 rings (SSSR count).